The van der Waals surface area contributed by atoms with Crippen molar-refractivity contribution in [1.82, 2.24) is 5.43 Å². The van der Waals surface area contributed by atoms with Crippen molar-refractivity contribution in [3.05, 3.63) is 59.7 Å². The van der Waals surface area contributed by atoms with Gasteiger partial charge in [-0.3, -0.25) is 10.2 Å². The minimum atomic E-state index is -3.87. The largest absolute Gasteiger partial charge is 0.323 e. The number of hydrogen-bond donors (Lipinski definition) is 3. The fourth-order valence-electron chi connectivity index (χ4n) is 2.67. The third-order valence-electron chi connectivity index (χ3n) is 3.85. The number of primary sulfonamides is 1. The smallest absolute Gasteiger partial charge is 0.267 e. The van der Waals surface area contributed by atoms with E-state index in [0.717, 1.165) is 5.56 Å². The molecule has 0 fully saturated rings. The second-order valence-corrected chi connectivity index (χ2v) is 8.15. The number of nitrogens with two attached hydrogens (primary N) is 1. The first-order chi connectivity index (χ1) is 11.4. The fraction of sp³-hybridized carbons (Fsp3) is 0.0667. The number of hydrazone groups is 1. The molecule has 0 saturated heterocycles. The monoisotopic (exact) mass is 360 g/mol. The van der Waals surface area contributed by atoms with Gasteiger partial charge in [-0.25, -0.2) is 13.6 Å². The lowest BCUT2D eigenvalue weighted by Crippen LogP contribution is -2.39. The van der Waals surface area contributed by atoms with Gasteiger partial charge in [0.1, 0.15) is 5.04 Å². The molecular weight excluding hydrogens is 348 g/mol. The van der Waals surface area contributed by atoms with Crippen LogP contribution in [-0.4, -0.2) is 19.4 Å². The lowest BCUT2D eigenvalue weighted by atomic mass is 10.1. The molecule has 1 unspecified atom stereocenters. The van der Waals surface area contributed by atoms with Crippen LogP contribution in [0.1, 0.15) is 11.1 Å². The third-order valence-corrected chi connectivity index (χ3v) is 6.09. The predicted octanol–water partition coefficient (Wildman–Crippen LogP) is 1.14. The molecule has 9 heteroatoms. The molecule has 0 radical (unpaired) electrons. The molecule has 2 heterocycles. The molecule has 0 aromatic heterocycles. The van der Waals surface area contributed by atoms with E-state index in [0.29, 0.717) is 16.3 Å². The molecule has 122 valence electrons. The summed E-state index contributed by atoms with van der Waals surface area (Å²) >= 11 is 1.24. The third kappa shape index (κ3) is 2.20. The fourth-order valence-corrected chi connectivity index (χ4v) is 4.36. The van der Waals surface area contributed by atoms with E-state index in [4.69, 9.17) is 5.14 Å². The molecule has 1 atom stereocenters. The molecule has 24 heavy (non-hydrogen) atoms. The summed E-state index contributed by atoms with van der Waals surface area (Å²) in [7, 11) is -3.87. The Balaban J connectivity index is 1.78. The second-order valence-electron chi connectivity index (χ2n) is 5.38. The van der Waals surface area contributed by atoms with Crippen LogP contribution in [0.2, 0.25) is 0 Å². The van der Waals surface area contributed by atoms with Gasteiger partial charge in [-0.2, -0.15) is 5.10 Å². The molecule has 4 N–H and O–H groups in total. The molecule has 4 rings (SSSR count). The molecule has 2 aromatic rings. The number of carbonyl (C=O) groups is 1. The summed E-state index contributed by atoms with van der Waals surface area (Å²) < 4.78 is 23.2. The summed E-state index contributed by atoms with van der Waals surface area (Å²) in [6.07, 6.45) is 0. The van der Waals surface area contributed by atoms with Crippen molar-refractivity contribution in [2.24, 2.45) is 10.2 Å². The van der Waals surface area contributed by atoms with Crippen LogP contribution in [-0.2, 0) is 19.7 Å². The van der Waals surface area contributed by atoms with Crippen molar-refractivity contribution in [3.8, 4) is 0 Å². The zero-order valence-corrected chi connectivity index (χ0v) is 13.8. The van der Waals surface area contributed by atoms with Crippen molar-refractivity contribution in [2.45, 2.75) is 9.77 Å². The van der Waals surface area contributed by atoms with Gasteiger partial charge in [0.15, 0.2) is 0 Å². The normalized spacial score (nSPS) is 22.0. The highest BCUT2D eigenvalue weighted by Gasteiger charge is 2.52. The van der Waals surface area contributed by atoms with Crippen molar-refractivity contribution in [3.63, 3.8) is 0 Å². The topological polar surface area (TPSA) is 114 Å². The number of anilines is 1. The summed E-state index contributed by atoms with van der Waals surface area (Å²) in [5.74, 6) is -0.302. The Labute approximate surface area is 142 Å². The number of nitrogens with zero attached hydrogens (tertiary/aromatic N) is 1. The average Bonchev–Trinajstić information content (AvgIpc) is 3.11. The van der Waals surface area contributed by atoms with Crippen molar-refractivity contribution < 1.29 is 13.2 Å². The van der Waals surface area contributed by atoms with Crippen molar-refractivity contribution in [1.29, 1.82) is 0 Å². The minimum absolute atomic E-state index is 0.0484. The first kappa shape index (κ1) is 15.2. The molecule has 0 bridgehead atoms. The summed E-state index contributed by atoms with van der Waals surface area (Å²) in [6.45, 7) is 0. The molecular formula is C15H12N4O3S2. The highest BCUT2D eigenvalue weighted by molar-refractivity contribution is 8.16. The van der Waals surface area contributed by atoms with Crippen LogP contribution < -0.4 is 15.9 Å². The number of fused-ring (bicyclic) bond motifs is 2. The van der Waals surface area contributed by atoms with Gasteiger partial charge in [-0.1, -0.05) is 42.1 Å². The van der Waals surface area contributed by atoms with Crippen LogP contribution in [0.25, 0.3) is 0 Å². The van der Waals surface area contributed by atoms with Crippen LogP contribution in [0.4, 0.5) is 5.69 Å². The van der Waals surface area contributed by atoms with Crippen molar-refractivity contribution in [2.75, 3.05) is 5.32 Å². The SMILES string of the molecule is NS(=O)(=O)c1ccc2c(c1)C1(NN=C(c3ccccc3)S1)C(=O)N2. The zero-order chi connectivity index (χ0) is 16.9. The van der Waals surface area contributed by atoms with Crippen LogP contribution >= 0.6 is 11.8 Å². The number of carbonyl (C=O) groups excluding carboxylic acids is 1. The summed E-state index contributed by atoms with van der Waals surface area (Å²) in [6, 6.07) is 13.7. The standard InChI is InChI=1S/C15H12N4O3S2/c16-24(21,22)10-6-7-12-11(8-10)15(14(20)17-12)19-18-13(23-15)9-4-2-1-3-5-9/h1-8,19H,(H,17,20)(H2,16,21,22). The minimum Gasteiger partial charge on any atom is -0.323 e. The van der Waals surface area contributed by atoms with E-state index in [-0.39, 0.29) is 10.8 Å². The highest BCUT2D eigenvalue weighted by Crippen LogP contribution is 2.48. The van der Waals surface area contributed by atoms with E-state index in [9.17, 15) is 13.2 Å². The Morgan fingerprint density at radius 1 is 1.12 bits per heavy atom. The maximum absolute atomic E-state index is 12.5. The number of thioether (sulfide) groups is 1. The number of amides is 1. The lowest BCUT2D eigenvalue weighted by molar-refractivity contribution is -0.118. The van der Waals surface area contributed by atoms with Gasteiger partial charge in [0, 0.05) is 16.8 Å². The van der Waals surface area contributed by atoms with Gasteiger partial charge in [0.2, 0.25) is 14.9 Å². The van der Waals surface area contributed by atoms with Gasteiger partial charge in [-0.05, 0) is 18.2 Å². The van der Waals surface area contributed by atoms with E-state index in [1.807, 2.05) is 30.3 Å². The van der Waals surface area contributed by atoms with E-state index in [1.54, 1.807) is 0 Å². The van der Waals surface area contributed by atoms with Crippen molar-refractivity contribution >= 4 is 38.4 Å². The van der Waals surface area contributed by atoms with Crippen LogP contribution in [0.5, 0.6) is 0 Å². The van der Waals surface area contributed by atoms with Gasteiger partial charge in [0.25, 0.3) is 5.91 Å². The van der Waals surface area contributed by atoms with Crippen LogP contribution in [0, 0.1) is 0 Å². The van der Waals surface area contributed by atoms with E-state index in [1.165, 1.54) is 30.0 Å². The predicted molar refractivity (Wildman–Crippen MR) is 91.8 cm³/mol. The number of rotatable bonds is 2. The number of hydrogen-bond acceptors (Lipinski definition) is 6. The maximum Gasteiger partial charge on any atom is 0.267 e. The Morgan fingerprint density at radius 2 is 1.88 bits per heavy atom. The molecule has 2 aliphatic heterocycles. The number of sulfonamides is 1. The molecule has 1 spiro atoms. The van der Waals surface area contributed by atoms with Gasteiger partial charge in [-0.15, -0.1) is 0 Å². The molecule has 0 aliphatic carbocycles. The summed E-state index contributed by atoms with van der Waals surface area (Å²) in [4.78, 5) is 11.3. The molecule has 0 saturated carbocycles. The number of nitrogens with one attached hydrogen (secondary N) is 2. The first-order valence-corrected chi connectivity index (χ1v) is 9.34. The Hall–Kier alpha value is -2.36. The maximum atomic E-state index is 12.5. The number of benzene rings is 2. The quantitative estimate of drug-likeness (QED) is 0.743. The van der Waals surface area contributed by atoms with E-state index in [2.05, 4.69) is 15.8 Å². The molecule has 2 aliphatic rings. The summed E-state index contributed by atoms with van der Waals surface area (Å²) in [5.41, 5.74) is 4.78. The lowest BCUT2D eigenvalue weighted by Gasteiger charge is -2.20. The van der Waals surface area contributed by atoms with Gasteiger partial charge >= 0.3 is 0 Å². The first-order valence-electron chi connectivity index (χ1n) is 6.98. The van der Waals surface area contributed by atoms with Gasteiger partial charge < -0.3 is 5.32 Å². The van der Waals surface area contributed by atoms with E-state index >= 15 is 0 Å². The molecule has 7 nitrogen and oxygen atoms in total. The molecule has 1 amide bonds. The average molecular weight is 360 g/mol. The second kappa shape index (κ2) is 5.07. The summed E-state index contributed by atoms with van der Waals surface area (Å²) in [5, 5.41) is 12.9. The van der Waals surface area contributed by atoms with E-state index < -0.39 is 14.9 Å². The van der Waals surface area contributed by atoms with Crippen LogP contribution in [0.3, 0.4) is 0 Å². The van der Waals surface area contributed by atoms with Gasteiger partial charge in [0.05, 0.1) is 4.90 Å². The Kier molecular flexibility index (Phi) is 3.21. The van der Waals surface area contributed by atoms with Crippen LogP contribution in [0.15, 0.2) is 58.5 Å². The molecule has 2 aromatic carbocycles. The Bertz CT molecular complexity index is 989. The Morgan fingerprint density at radius 3 is 2.58 bits per heavy atom. The highest BCUT2D eigenvalue weighted by atomic mass is 32.2. The zero-order valence-electron chi connectivity index (χ0n) is 12.2.